The smallest absolute Gasteiger partial charge is 0.324 e. The highest BCUT2D eigenvalue weighted by Gasteiger charge is 2.72. The molecule has 3 N–H and O–H groups in total. The Labute approximate surface area is 190 Å². The van der Waals surface area contributed by atoms with Crippen molar-refractivity contribution >= 4 is 41.1 Å². The molecule has 5 fully saturated rings. The minimum atomic E-state index is -1.10. The van der Waals surface area contributed by atoms with Crippen molar-refractivity contribution in [2.24, 2.45) is 5.41 Å². The normalized spacial score (nSPS) is 40.9. The summed E-state index contributed by atoms with van der Waals surface area (Å²) < 4.78 is 24.2. The first-order chi connectivity index (χ1) is 14.7. The van der Waals surface area contributed by atoms with Gasteiger partial charge in [-0.05, 0) is 39.0 Å². The summed E-state index contributed by atoms with van der Waals surface area (Å²) in [6.07, 6.45) is 1.84. The maximum absolute atomic E-state index is 13.7. The molecule has 5 atom stereocenters. The van der Waals surface area contributed by atoms with E-state index < -0.39 is 23.0 Å². The van der Waals surface area contributed by atoms with Crippen molar-refractivity contribution in [1.82, 2.24) is 16.0 Å². The first kappa shape index (κ1) is 23.1. The minimum Gasteiger partial charge on any atom is -0.465 e. The standard InChI is InChI=1S/C20H29ClFN3O5S/c1-2-29-16(27)14-7-31-18(23-14)24-17(28)19-8-20(9-19,10-19)25-15(26)6-30-11-3-4-12(21)13(22)5-11/h11-14,18,23H,2-10H2,1H3,(H,24,28)(H,25,26). The molecule has 8 nitrogen and oxygen atoms in total. The summed E-state index contributed by atoms with van der Waals surface area (Å²) in [5, 5.41) is 8.54. The van der Waals surface area contributed by atoms with Gasteiger partial charge in [0.05, 0.1) is 23.5 Å². The zero-order valence-corrected chi connectivity index (χ0v) is 19.0. The monoisotopic (exact) mass is 477 g/mol. The number of nitrogens with one attached hydrogen (secondary N) is 3. The van der Waals surface area contributed by atoms with E-state index in [1.807, 2.05) is 0 Å². The van der Waals surface area contributed by atoms with Gasteiger partial charge in [-0.3, -0.25) is 19.7 Å². The molecule has 1 aliphatic heterocycles. The fourth-order valence-electron chi connectivity index (χ4n) is 5.09. The van der Waals surface area contributed by atoms with Crippen molar-refractivity contribution < 1.29 is 28.2 Å². The number of carbonyl (C=O) groups is 3. The van der Waals surface area contributed by atoms with Gasteiger partial charge < -0.3 is 20.1 Å². The van der Waals surface area contributed by atoms with Crippen LogP contribution in [0.4, 0.5) is 4.39 Å². The molecule has 4 saturated carbocycles. The van der Waals surface area contributed by atoms with E-state index in [-0.39, 0.29) is 48.0 Å². The van der Waals surface area contributed by atoms with Crippen LogP contribution in [0.5, 0.6) is 0 Å². The number of halogens is 2. The SMILES string of the molecule is CCOC(=O)C1CSC(NC(=O)C23CC(NC(=O)COC4CCC(Cl)C(F)C4)(C2)C3)N1. The molecule has 5 rings (SSSR count). The molecule has 31 heavy (non-hydrogen) atoms. The van der Waals surface area contributed by atoms with E-state index in [0.29, 0.717) is 44.5 Å². The fraction of sp³-hybridized carbons (Fsp3) is 0.850. The third-order valence-corrected chi connectivity index (χ3v) is 8.23. The molecule has 0 radical (unpaired) electrons. The van der Waals surface area contributed by atoms with Crippen LogP contribution in [-0.4, -0.2) is 71.5 Å². The maximum atomic E-state index is 13.7. The highest BCUT2D eigenvalue weighted by atomic mass is 35.5. The molecule has 2 amide bonds. The number of hydrogen-bond acceptors (Lipinski definition) is 7. The predicted molar refractivity (Wildman–Crippen MR) is 113 cm³/mol. The topological polar surface area (TPSA) is 106 Å². The largest absolute Gasteiger partial charge is 0.465 e. The molecule has 1 saturated heterocycles. The molecule has 5 unspecified atom stereocenters. The Balaban J connectivity index is 1.15. The van der Waals surface area contributed by atoms with Gasteiger partial charge in [-0.2, -0.15) is 0 Å². The lowest BCUT2D eigenvalue weighted by Crippen LogP contribution is -2.79. The van der Waals surface area contributed by atoms with E-state index in [9.17, 15) is 18.8 Å². The molecule has 0 aromatic carbocycles. The Bertz CT molecular complexity index is 724. The summed E-state index contributed by atoms with van der Waals surface area (Å²) in [6, 6.07) is -0.416. The maximum Gasteiger partial charge on any atom is 0.324 e. The second-order valence-corrected chi connectivity index (χ2v) is 10.8. The van der Waals surface area contributed by atoms with Gasteiger partial charge in [0.25, 0.3) is 0 Å². The van der Waals surface area contributed by atoms with Gasteiger partial charge in [0.15, 0.2) is 0 Å². The summed E-state index contributed by atoms with van der Waals surface area (Å²) in [7, 11) is 0. The molecular weight excluding hydrogens is 449 g/mol. The molecule has 1 heterocycles. The summed E-state index contributed by atoms with van der Waals surface area (Å²) >= 11 is 7.34. The molecule has 0 aromatic heterocycles. The fourth-order valence-corrected chi connectivity index (χ4v) is 6.38. The van der Waals surface area contributed by atoms with E-state index in [0.717, 1.165) is 0 Å². The van der Waals surface area contributed by atoms with Crippen molar-refractivity contribution in [3.63, 3.8) is 0 Å². The highest BCUT2D eigenvalue weighted by Crippen LogP contribution is 2.67. The van der Waals surface area contributed by atoms with Crippen molar-refractivity contribution in [3.05, 3.63) is 0 Å². The predicted octanol–water partition coefficient (Wildman–Crippen LogP) is 1.21. The lowest BCUT2D eigenvalue weighted by Gasteiger charge is -2.69. The average Bonchev–Trinajstić information content (AvgIpc) is 3.13. The van der Waals surface area contributed by atoms with Crippen LogP contribution in [0.1, 0.15) is 45.4 Å². The van der Waals surface area contributed by atoms with Crippen LogP contribution in [0.2, 0.25) is 0 Å². The van der Waals surface area contributed by atoms with Crippen LogP contribution < -0.4 is 16.0 Å². The third kappa shape index (κ3) is 4.82. The van der Waals surface area contributed by atoms with Crippen LogP contribution in [0.25, 0.3) is 0 Å². The van der Waals surface area contributed by atoms with Gasteiger partial charge in [0.2, 0.25) is 11.8 Å². The molecule has 11 heteroatoms. The lowest BCUT2D eigenvalue weighted by molar-refractivity contribution is -0.185. The Morgan fingerprint density at radius 1 is 1.26 bits per heavy atom. The van der Waals surface area contributed by atoms with Crippen molar-refractivity contribution in [1.29, 1.82) is 0 Å². The summed E-state index contributed by atoms with van der Waals surface area (Å²) in [6.45, 7) is 1.97. The number of alkyl halides is 2. The van der Waals surface area contributed by atoms with Crippen LogP contribution in [0, 0.1) is 5.41 Å². The lowest BCUT2D eigenvalue weighted by atomic mass is 9.39. The second kappa shape index (κ2) is 9.03. The van der Waals surface area contributed by atoms with E-state index in [2.05, 4.69) is 16.0 Å². The molecule has 0 aromatic rings. The minimum absolute atomic E-state index is 0.0544. The zero-order chi connectivity index (χ0) is 22.2. The molecule has 174 valence electrons. The number of esters is 1. The van der Waals surface area contributed by atoms with Crippen LogP contribution >= 0.6 is 23.4 Å². The van der Waals surface area contributed by atoms with E-state index in [1.54, 1.807) is 6.92 Å². The molecule has 5 aliphatic rings. The first-order valence-electron chi connectivity index (χ1n) is 10.8. The van der Waals surface area contributed by atoms with E-state index in [4.69, 9.17) is 21.1 Å². The van der Waals surface area contributed by atoms with Crippen LogP contribution in [0.15, 0.2) is 0 Å². The van der Waals surface area contributed by atoms with Crippen molar-refractivity contribution in [2.75, 3.05) is 19.0 Å². The van der Waals surface area contributed by atoms with Crippen LogP contribution in [-0.2, 0) is 23.9 Å². The van der Waals surface area contributed by atoms with Gasteiger partial charge in [-0.1, -0.05) is 0 Å². The third-order valence-electron chi connectivity index (χ3n) is 6.63. The van der Waals surface area contributed by atoms with E-state index in [1.165, 1.54) is 11.8 Å². The number of thioether (sulfide) groups is 1. The van der Waals surface area contributed by atoms with Crippen molar-refractivity contribution in [3.8, 4) is 0 Å². The van der Waals surface area contributed by atoms with Gasteiger partial charge in [0.1, 0.15) is 24.3 Å². The van der Waals surface area contributed by atoms with E-state index >= 15 is 0 Å². The number of carbonyl (C=O) groups excluding carboxylic acids is 3. The quantitative estimate of drug-likeness (QED) is 0.356. The summed E-state index contributed by atoms with van der Waals surface area (Å²) in [5.74, 6) is -0.0468. The number of amides is 2. The van der Waals surface area contributed by atoms with Crippen molar-refractivity contribution in [2.45, 2.75) is 80.2 Å². The highest BCUT2D eigenvalue weighted by molar-refractivity contribution is 8.00. The Hall–Kier alpha value is -1.10. The molecular formula is C20H29ClFN3O5S. The molecule has 2 bridgehead atoms. The summed E-state index contributed by atoms with van der Waals surface area (Å²) in [4.78, 5) is 36.7. The first-order valence-corrected chi connectivity index (χ1v) is 12.3. The second-order valence-electron chi connectivity index (χ2n) is 9.08. The Morgan fingerprint density at radius 2 is 2.00 bits per heavy atom. The molecule has 0 spiro atoms. The van der Waals surface area contributed by atoms with Gasteiger partial charge in [-0.25, -0.2) is 4.39 Å². The molecule has 4 aliphatic carbocycles. The Kier molecular flexibility index (Phi) is 6.72. The van der Waals surface area contributed by atoms with Gasteiger partial charge >= 0.3 is 5.97 Å². The van der Waals surface area contributed by atoms with Gasteiger partial charge in [0, 0.05) is 17.7 Å². The average molecular weight is 478 g/mol. The number of ether oxygens (including phenoxy) is 2. The number of rotatable bonds is 8. The van der Waals surface area contributed by atoms with Crippen LogP contribution in [0.3, 0.4) is 0 Å². The van der Waals surface area contributed by atoms with Gasteiger partial charge in [-0.15, -0.1) is 23.4 Å². The zero-order valence-electron chi connectivity index (χ0n) is 17.5. The number of hydrogen-bond donors (Lipinski definition) is 3. The summed E-state index contributed by atoms with van der Waals surface area (Å²) in [5.41, 5.74) is -1.10. The Morgan fingerprint density at radius 3 is 2.68 bits per heavy atom.